The van der Waals surface area contributed by atoms with Gasteiger partial charge in [0.2, 0.25) is 0 Å². The molecule has 8 heteroatoms. The lowest BCUT2D eigenvalue weighted by molar-refractivity contribution is -0.384. The molecule has 0 spiro atoms. The number of piperidine rings is 1. The van der Waals surface area contributed by atoms with E-state index in [4.69, 9.17) is 16.3 Å². The summed E-state index contributed by atoms with van der Waals surface area (Å²) in [5.74, 6) is 0.648. The number of rotatable bonds is 7. The maximum Gasteiger partial charge on any atom is 0.269 e. The number of anilines is 1. The minimum Gasteiger partial charge on any atom is -0.497 e. The van der Waals surface area contributed by atoms with E-state index < -0.39 is 4.92 Å². The monoisotopic (exact) mass is 479 g/mol. The predicted molar refractivity (Wildman–Crippen MR) is 133 cm³/mol. The van der Waals surface area contributed by atoms with Gasteiger partial charge in [-0.15, -0.1) is 0 Å². The number of benzene rings is 3. The molecular formula is C26H26ClN3O4. The minimum absolute atomic E-state index is 0.0108. The molecule has 1 aliphatic heterocycles. The fraction of sp³-hybridized carbons (Fsp3) is 0.269. The highest BCUT2D eigenvalue weighted by Crippen LogP contribution is 2.30. The van der Waals surface area contributed by atoms with Gasteiger partial charge in [0.1, 0.15) is 5.75 Å². The van der Waals surface area contributed by atoms with Crippen LogP contribution in [0.3, 0.4) is 0 Å². The van der Waals surface area contributed by atoms with Crippen LogP contribution < -0.4 is 9.64 Å². The third-order valence-corrected chi connectivity index (χ3v) is 6.50. The van der Waals surface area contributed by atoms with Gasteiger partial charge in [0.05, 0.1) is 12.0 Å². The Kier molecular flexibility index (Phi) is 7.45. The van der Waals surface area contributed by atoms with Crippen LogP contribution in [0.5, 0.6) is 5.75 Å². The predicted octanol–water partition coefficient (Wildman–Crippen LogP) is 5.57. The second kappa shape index (κ2) is 10.7. The van der Waals surface area contributed by atoms with E-state index in [2.05, 4.69) is 4.90 Å². The maximum atomic E-state index is 13.6. The van der Waals surface area contributed by atoms with E-state index in [1.54, 1.807) is 13.2 Å². The number of non-ortho nitro benzene ring substituents is 1. The summed E-state index contributed by atoms with van der Waals surface area (Å²) in [5.41, 5.74) is 2.20. The van der Waals surface area contributed by atoms with Crippen molar-refractivity contribution in [2.75, 3.05) is 25.1 Å². The number of halogens is 1. The zero-order valence-corrected chi connectivity index (χ0v) is 19.6. The van der Waals surface area contributed by atoms with Gasteiger partial charge in [0.15, 0.2) is 0 Å². The van der Waals surface area contributed by atoms with Crippen LogP contribution in [-0.4, -0.2) is 42.0 Å². The third-order valence-electron chi connectivity index (χ3n) is 6.13. The normalized spacial score (nSPS) is 14.5. The molecule has 0 radical (unpaired) electrons. The lowest BCUT2D eigenvalue weighted by Crippen LogP contribution is -2.47. The molecule has 1 heterocycles. The first-order chi connectivity index (χ1) is 16.5. The summed E-state index contributed by atoms with van der Waals surface area (Å²) in [5, 5.41) is 11.7. The smallest absolute Gasteiger partial charge is 0.269 e. The molecule has 1 saturated heterocycles. The van der Waals surface area contributed by atoms with Crippen LogP contribution in [0.4, 0.5) is 11.4 Å². The number of methoxy groups -OCH3 is 1. The Bertz CT molecular complexity index is 1160. The first-order valence-corrected chi connectivity index (χ1v) is 11.5. The quantitative estimate of drug-likeness (QED) is 0.327. The number of nitrogens with zero attached hydrogens (tertiary/aromatic N) is 3. The van der Waals surface area contributed by atoms with Crippen LogP contribution in [0.15, 0.2) is 72.8 Å². The number of hydrogen-bond acceptors (Lipinski definition) is 5. The van der Waals surface area contributed by atoms with Gasteiger partial charge in [-0.2, -0.15) is 0 Å². The molecule has 0 N–H and O–H groups in total. The van der Waals surface area contributed by atoms with Crippen molar-refractivity contribution in [3.63, 3.8) is 0 Å². The minimum atomic E-state index is -0.409. The molecular weight excluding hydrogens is 454 g/mol. The van der Waals surface area contributed by atoms with Crippen LogP contribution in [0, 0.1) is 10.1 Å². The Morgan fingerprint density at radius 2 is 1.82 bits per heavy atom. The summed E-state index contributed by atoms with van der Waals surface area (Å²) in [4.78, 5) is 28.4. The lowest BCUT2D eigenvalue weighted by Gasteiger charge is -2.39. The molecule has 4 rings (SSSR count). The lowest BCUT2D eigenvalue weighted by atomic mass is 10.00. The first kappa shape index (κ1) is 23.7. The van der Waals surface area contributed by atoms with Gasteiger partial charge in [-0.3, -0.25) is 19.8 Å². The molecule has 34 heavy (non-hydrogen) atoms. The number of likely N-dealkylation sites (tertiary alicyclic amines) is 1. The Labute approximate surface area is 203 Å². The van der Waals surface area contributed by atoms with E-state index in [9.17, 15) is 14.9 Å². The summed E-state index contributed by atoms with van der Waals surface area (Å²) in [6.07, 6.45) is 1.53. The SMILES string of the molecule is COc1cccc(N(C(=O)c2ccccc2)C2CCN(Cc3cc([N+](=O)[O-])ccc3Cl)CC2)c1. The maximum absolute atomic E-state index is 13.6. The topological polar surface area (TPSA) is 75.9 Å². The Morgan fingerprint density at radius 3 is 2.50 bits per heavy atom. The summed E-state index contributed by atoms with van der Waals surface area (Å²) in [6, 6.07) is 21.4. The van der Waals surface area contributed by atoms with E-state index in [0.717, 1.165) is 37.2 Å². The van der Waals surface area contributed by atoms with Crippen LogP contribution >= 0.6 is 11.6 Å². The Hall–Kier alpha value is -3.42. The highest BCUT2D eigenvalue weighted by atomic mass is 35.5. The molecule has 1 fully saturated rings. The van der Waals surface area contributed by atoms with Crippen molar-refractivity contribution in [2.24, 2.45) is 0 Å². The van der Waals surface area contributed by atoms with Crippen molar-refractivity contribution in [1.82, 2.24) is 4.90 Å². The van der Waals surface area contributed by atoms with Crippen molar-refractivity contribution in [1.29, 1.82) is 0 Å². The number of ether oxygens (including phenoxy) is 1. The standard InChI is InChI=1S/C26H26ClN3O4/c1-34-24-9-5-8-22(17-24)29(26(31)19-6-3-2-4-7-19)21-12-14-28(15-13-21)18-20-16-23(30(32)33)10-11-25(20)27/h2-11,16-17,21H,12-15,18H2,1H3. The third kappa shape index (κ3) is 5.38. The average Bonchev–Trinajstić information content (AvgIpc) is 2.87. The fourth-order valence-electron chi connectivity index (χ4n) is 4.35. The molecule has 3 aromatic carbocycles. The van der Waals surface area contributed by atoms with Crippen LogP contribution in [0.25, 0.3) is 0 Å². The Morgan fingerprint density at radius 1 is 1.09 bits per heavy atom. The van der Waals surface area contributed by atoms with Crippen molar-refractivity contribution in [2.45, 2.75) is 25.4 Å². The highest BCUT2D eigenvalue weighted by Gasteiger charge is 2.30. The van der Waals surface area contributed by atoms with Crippen molar-refractivity contribution >= 4 is 28.9 Å². The second-order valence-electron chi connectivity index (χ2n) is 8.28. The van der Waals surface area contributed by atoms with Gasteiger partial charge in [-0.25, -0.2) is 0 Å². The number of nitro benzene ring substituents is 1. The number of nitro groups is 1. The summed E-state index contributed by atoms with van der Waals surface area (Å²) < 4.78 is 5.39. The molecule has 0 aromatic heterocycles. The molecule has 176 valence electrons. The zero-order valence-electron chi connectivity index (χ0n) is 18.9. The van der Waals surface area contributed by atoms with E-state index in [1.807, 2.05) is 59.5 Å². The van der Waals surface area contributed by atoms with E-state index in [0.29, 0.717) is 22.9 Å². The molecule has 7 nitrogen and oxygen atoms in total. The number of carbonyl (C=O) groups excluding carboxylic acids is 1. The average molecular weight is 480 g/mol. The van der Waals surface area contributed by atoms with Crippen molar-refractivity contribution in [3.05, 3.63) is 99.1 Å². The fourth-order valence-corrected chi connectivity index (χ4v) is 4.52. The van der Waals surface area contributed by atoms with Gasteiger partial charge >= 0.3 is 0 Å². The van der Waals surface area contributed by atoms with Crippen LogP contribution in [0.1, 0.15) is 28.8 Å². The molecule has 0 atom stereocenters. The molecule has 3 aromatic rings. The molecule has 0 saturated carbocycles. The van der Waals surface area contributed by atoms with Crippen LogP contribution in [0.2, 0.25) is 5.02 Å². The summed E-state index contributed by atoms with van der Waals surface area (Å²) >= 11 is 6.30. The highest BCUT2D eigenvalue weighted by molar-refractivity contribution is 6.31. The molecule has 1 aliphatic rings. The van der Waals surface area contributed by atoms with Gasteiger partial charge in [0, 0.05) is 60.1 Å². The molecule has 0 aliphatic carbocycles. The number of amides is 1. The van der Waals surface area contributed by atoms with Crippen LogP contribution in [-0.2, 0) is 6.54 Å². The van der Waals surface area contributed by atoms with E-state index in [1.165, 1.54) is 12.1 Å². The van der Waals surface area contributed by atoms with E-state index in [-0.39, 0.29) is 17.6 Å². The van der Waals surface area contributed by atoms with Gasteiger partial charge < -0.3 is 9.64 Å². The van der Waals surface area contributed by atoms with Crippen molar-refractivity contribution < 1.29 is 14.5 Å². The zero-order chi connectivity index (χ0) is 24.1. The largest absolute Gasteiger partial charge is 0.497 e. The Balaban J connectivity index is 1.52. The van der Waals surface area contributed by atoms with E-state index >= 15 is 0 Å². The summed E-state index contributed by atoms with van der Waals surface area (Å²) in [7, 11) is 1.61. The number of carbonyl (C=O) groups is 1. The first-order valence-electron chi connectivity index (χ1n) is 11.1. The van der Waals surface area contributed by atoms with Gasteiger partial charge in [-0.1, -0.05) is 35.9 Å². The molecule has 1 amide bonds. The second-order valence-corrected chi connectivity index (χ2v) is 8.69. The van der Waals surface area contributed by atoms with Gasteiger partial charge in [0.25, 0.3) is 11.6 Å². The number of hydrogen-bond donors (Lipinski definition) is 0. The van der Waals surface area contributed by atoms with Crippen molar-refractivity contribution in [3.8, 4) is 5.75 Å². The van der Waals surface area contributed by atoms with Gasteiger partial charge in [-0.05, 0) is 48.7 Å². The summed E-state index contributed by atoms with van der Waals surface area (Å²) in [6.45, 7) is 2.01. The molecule has 0 bridgehead atoms. The molecule has 0 unspecified atom stereocenters.